The Hall–Kier alpha value is -3.97. The fraction of sp³-hybridized carbons (Fsp3) is 0.238. The molecule has 0 aliphatic rings. The van der Waals surface area contributed by atoms with E-state index in [-0.39, 0.29) is 23.6 Å². The first kappa shape index (κ1) is 24.3. The molecule has 0 aromatic heterocycles. The van der Waals surface area contributed by atoms with Gasteiger partial charge in [0.25, 0.3) is 17.5 Å². The maximum absolute atomic E-state index is 12.8. The highest BCUT2D eigenvalue weighted by Crippen LogP contribution is 2.25. The van der Waals surface area contributed by atoms with Gasteiger partial charge in [0.2, 0.25) is 0 Å². The number of hydrogen-bond acceptors (Lipinski definition) is 7. The van der Waals surface area contributed by atoms with Crippen molar-refractivity contribution in [1.29, 1.82) is 5.26 Å². The summed E-state index contributed by atoms with van der Waals surface area (Å²) in [7, 11) is 0. The summed E-state index contributed by atoms with van der Waals surface area (Å²) in [4.78, 5) is 48.6. The van der Waals surface area contributed by atoms with Crippen LogP contribution in [0.2, 0.25) is 5.02 Å². The standard InChI is InChI=1S/C21H19ClN4O6/c1-14(21(29)25(11-5-10-23)16-6-3-2-4-7-16)32-19(27)13-24-20(28)15-8-9-17(22)18(12-15)26(30)31/h2-4,6-9,12,14H,5,11,13H2,1H3,(H,24,28). The second-order valence-corrected chi connectivity index (χ2v) is 6.88. The largest absolute Gasteiger partial charge is 0.451 e. The van der Waals surface area contributed by atoms with Crippen LogP contribution < -0.4 is 10.2 Å². The van der Waals surface area contributed by atoms with E-state index >= 15 is 0 Å². The predicted octanol–water partition coefficient (Wildman–Crippen LogP) is 2.86. The third-order valence-corrected chi connectivity index (χ3v) is 4.56. The number of nitrogens with one attached hydrogen (secondary N) is 1. The summed E-state index contributed by atoms with van der Waals surface area (Å²) in [5.41, 5.74) is 0.0394. The van der Waals surface area contributed by atoms with Crippen molar-refractivity contribution < 1.29 is 24.0 Å². The Bertz CT molecular complexity index is 1050. The van der Waals surface area contributed by atoms with Crippen molar-refractivity contribution in [2.75, 3.05) is 18.0 Å². The molecule has 166 valence electrons. The summed E-state index contributed by atoms with van der Waals surface area (Å²) >= 11 is 5.71. The number of nitrogens with zero attached hydrogens (tertiary/aromatic N) is 3. The molecule has 1 atom stereocenters. The fourth-order valence-electron chi connectivity index (χ4n) is 2.69. The van der Waals surface area contributed by atoms with Gasteiger partial charge in [0.15, 0.2) is 6.10 Å². The number of rotatable bonds is 9. The van der Waals surface area contributed by atoms with E-state index in [0.717, 1.165) is 6.07 Å². The molecular formula is C21H19ClN4O6. The molecular weight excluding hydrogens is 440 g/mol. The van der Waals surface area contributed by atoms with E-state index in [4.69, 9.17) is 21.6 Å². The van der Waals surface area contributed by atoms with Crippen LogP contribution in [0.15, 0.2) is 48.5 Å². The van der Waals surface area contributed by atoms with E-state index in [2.05, 4.69) is 5.32 Å². The van der Waals surface area contributed by atoms with E-state index < -0.39 is 41.0 Å². The van der Waals surface area contributed by atoms with Crippen LogP contribution in [0.3, 0.4) is 0 Å². The van der Waals surface area contributed by atoms with Crippen LogP contribution in [-0.4, -0.2) is 41.9 Å². The van der Waals surface area contributed by atoms with Crippen molar-refractivity contribution in [3.63, 3.8) is 0 Å². The lowest BCUT2D eigenvalue weighted by Gasteiger charge is -2.25. The molecule has 2 aromatic rings. The number of anilines is 1. The summed E-state index contributed by atoms with van der Waals surface area (Å²) in [6.07, 6.45) is -1.08. The molecule has 10 nitrogen and oxygen atoms in total. The SMILES string of the molecule is CC(OC(=O)CNC(=O)c1ccc(Cl)c([N+](=O)[O-])c1)C(=O)N(CCC#N)c1ccccc1. The van der Waals surface area contributed by atoms with Crippen molar-refractivity contribution in [2.45, 2.75) is 19.4 Å². The van der Waals surface area contributed by atoms with E-state index in [1.54, 1.807) is 30.3 Å². The maximum atomic E-state index is 12.8. The zero-order valence-electron chi connectivity index (χ0n) is 17.0. The van der Waals surface area contributed by atoms with Crippen LogP contribution in [0.25, 0.3) is 0 Å². The summed E-state index contributed by atoms with van der Waals surface area (Å²) < 4.78 is 5.10. The van der Waals surface area contributed by atoms with Crippen LogP contribution in [0.5, 0.6) is 0 Å². The number of carbonyl (C=O) groups excluding carboxylic acids is 3. The fourth-order valence-corrected chi connectivity index (χ4v) is 2.88. The van der Waals surface area contributed by atoms with Crippen molar-refractivity contribution in [3.8, 4) is 6.07 Å². The topological polar surface area (TPSA) is 143 Å². The normalized spacial score (nSPS) is 11.0. The molecule has 0 spiro atoms. The van der Waals surface area contributed by atoms with Gasteiger partial charge in [-0.15, -0.1) is 0 Å². The van der Waals surface area contributed by atoms with Gasteiger partial charge in [-0.05, 0) is 31.2 Å². The van der Waals surface area contributed by atoms with Crippen molar-refractivity contribution in [3.05, 3.63) is 69.2 Å². The lowest BCUT2D eigenvalue weighted by molar-refractivity contribution is -0.384. The number of nitro benzene ring substituents is 1. The molecule has 0 fully saturated rings. The number of halogens is 1. The Morgan fingerprint density at radius 2 is 1.94 bits per heavy atom. The van der Waals surface area contributed by atoms with Crippen LogP contribution in [0, 0.1) is 21.4 Å². The van der Waals surface area contributed by atoms with Gasteiger partial charge in [0, 0.05) is 23.9 Å². The summed E-state index contributed by atoms with van der Waals surface area (Å²) in [5, 5.41) is 21.9. The lowest BCUT2D eigenvalue weighted by Crippen LogP contribution is -2.42. The van der Waals surface area contributed by atoms with Crippen molar-refractivity contribution in [2.24, 2.45) is 0 Å². The van der Waals surface area contributed by atoms with Gasteiger partial charge < -0.3 is 15.0 Å². The summed E-state index contributed by atoms with van der Waals surface area (Å²) in [6, 6.07) is 14.0. The Morgan fingerprint density at radius 3 is 2.56 bits per heavy atom. The highest BCUT2D eigenvalue weighted by Gasteiger charge is 2.25. The van der Waals surface area contributed by atoms with Crippen LogP contribution in [0.4, 0.5) is 11.4 Å². The Morgan fingerprint density at radius 1 is 1.25 bits per heavy atom. The number of para-hydroxylation sites is 1. The first-order chi connectivity index (χ1) is 15.2. The number of benzene rings is 2. The molecule has 2 rings (SSSR count). The van der Waals surface area contributed by atoms with Crippen LogP contribution in [-0.2, 0) is 14.3 Å². The minimum absolute atomic E-state index is 0.0650. The molecule has 1 N–H and O–H groups in total. The monoisotopic (exact) mass is 458 g/mol. The third kappa shape index (κ3) is 6.52. The minimum Gasteiger partial charge on any atom is -0.451 e. The van der Waals surface area contributed by atoms with E-state index in [1.165, 1.54) is 24.0 Å². The van der Waals surface area contributed by atoms with Gasteiger partial charge in [-0.1, -0.05) is 29.8 Å². The van der Waals surface area contributed by atoms with E-state index in [0.29, 0.717) is 5.69 Å². The minimum atomic E-state index is -1.17. The van der Waals surface area contributed by atoms with E-state index in [1.807, 2.05) is 6.07 Å². The average Bonchev–Trinajstić information content (AvgIpc) is 2.78. The summed E-state index contributed by atoms with van der Waals surface area (Å²) in [5.74, 6) is -2.16. The lowest BCUT2D eigenvalue weighted by atomic mass is 10.2. The molecule has 0 saturated heterocycles. The number of nitriles is 1. The molecule has 11 heteroatoms. The molecule has 0 heterocycles. The van der Waals surface area contributed by atoms with Gasteiger partial charge in [-0.3, -0.25) is 24.5 Å². The summed E-state index contributed by atoms with van der Waals surface area (Å²) in [6.45, 7) is 0.941. The highest BCUT2D eigenvalue weighted by atomic mass is 35.5. The zero-order chi connectivity index (χ0) is 23.7. The molecule has 0 saturated carbocycles. The molecule has 0 bridgehead atoms. The number of amides is 2. The number of carbonyl (C=O) groups is 3. The predicted molar refractivity (Wildman–Crippen MR) is 115 cm³/mol. The molecule has 2 amide bonds. The van der Waals surface area contributed by atoms with Crippen LogP contribution >= 0.6 is 11.6 Å². The molecule has 1 unspecified atom stereocenters. The number of ether oxygens (including phenoxy) is 1. The molecule has 32 heavy (non-hydrogen) atoms. The van der Waals surface area contributed by atoms with Gasteiger partial charge in [0.1, 0.15) is 11.6 Å². The number of hydrogen-bond donors (Lipinski definition) is 1. The molecule has 0 radical (unpaired) electrons. The molecule has 0 aliphatic heterocycles. The van der Waals surface area contributed by atoms with Gasteiger partial charge in [0.05, 0.1) is 17.4 Å². The maximum Gasteiger partial charge on any atom is 0.326 e. The first-order valence-corrected chi connectivity index (χ1v) is 9.77. The van der Waals surface area contributed by atoms with Crippen molar-refractivity contribution >= 4 is 40.8 Å². The zero-order valence-corrected chi connectivity index (χ0v) is 17.7. The van der Waals surface area contributed by atoms with Gasteiger partial charge in [-0.25, -0.2) is 0 Å². The molecule has 2 aromatic carbocycles. The Kier molecular flexibility index (Phi) is 8.68. The first-order valence-electron chi connectivity index (χ1n) is 9.39. The van der Waals surface area contributed by atoms with E-state index in [9.17, 15) is 24.5 Å². The van der Waals surface area contributed by atoms with Gasteiger partial charge in [-0.2, -0.15) is 5.26 Å². The van der Waals surface area contributed by atoms with Crippen molar-refractivity contribution in [1.82, 2.24) is 5.32 Å². The quantitative estimate of drug-likeness (QED) is 0.345. The highest BCUT2D eigenvalue weighted by molar-refractivity contribution is 6.32. The second-order valence-electron chi connectivity index (χ2n) is 6.47. The number of nitro groups is 1. The van der Waals surface area contributed by atoms with Gasteiger partial charge >= 0.3 is 5.97 Å². The molecule has 0 aliphatic carbocycles. The third-order valence-electron chi connectivity index (χ3n) is 4.24. The average molecular weight is 459 g/mol. The second kappa shape index (κ2) is 11.4. The van der Waals surface area contributed by atoms with Crippen LogP contribution in [0.1, 0.15) is 23.7 Å². The smallest absolute Gasteiger partial charge is 0.326 e. The Balaban J connectivity index is 1.97. The Labute approximate surface area is 188 Å². The number of esters is 1.